The van der Waals surface area contributed by atoms with Crippen molar-refractivity contribution in [1.82, 2.24) is 4.98 Å². The molecule has 3 aromatic rings. The second-order valence-corrected chi connectivity index (χ2v) is 6.15. The van der Waals surface area contributed by atoms with Gasteiger partial charge in [-0.15, -0.1) is 0 Å². The fourth-order valence-corrected chi connectivity index (χ4v) is 2.86. The zero-order valence-corrected chi connectivity index (χ0v) is 15.8. The number of aryl methyl sites for hydroxylation is 1. The molecule has 0 atom stereocenters. The molecule has 1 aromatic heterocycles. The van der Waals surface area contributed by atoms with Crippen LogP contribution >= 0.6 is 0 Å². The van der Waals surface area contributed by atoms with Gasteiger partial charge in [0, 0.05) is 12.2 Å². The number of methoxy groups -OCH3 is 1. The summed E-state index contributed by atoms with van der Waals surface area (Å²) in [7, 11) is 1.64. The number of hydrogen-bond acceptors (Lipinski definition) is 4. The number of amides is 1. The van der Waals surface area contributed by atoms with E-state index in [2.05, 4.69) is 10.3 Å². The predicted octanol–water partition coefficient (Wildman–Crippen LogP) is 4.81. The van der Waals surface area contributed by atoms with Crippen molar-refractivity contribution in [2.24, 2.45) is 0 Å². The van der Waals surface area contributed by atoms with E-state index < -0.39 is 0 Å². The summed E-state index contributed by atoms with van der Waals surface area (Å²) in [6, 6.07) is 19.1. The molecule has 0 fully saturated rings. The summed E-state index contributed by atoms with van der Waals surface area (Å²) < 4.78 is 5.39. The largest absolute Gasteiger partial charge is 0.495 e. The summed E-state index contributed by atoms with van der Waals surface area (Å²) in [5, 5.41) is 3.29. The van der Waals surface area contributed by atoms with Crippen molar-refractivity contribution in [3.63, 3.8) is 0 Å². The molecule has 0 aliphatic heterocycles. The van der Waals surface area contributed by atoms with Crippen LogP contribution in [0.5, 0.6) is 5.75 Å². The van der Waals surface area contributed by atoms with E-state index in [1.807, 2.05) is 68.4 Å². The van der Waals surface area contributed by atoms with E-state index in [4.69, 9.17) is 4.74 Å². The van der Waals surface area contributed by atoms with Crippen molar-refractivity contribution >= 4 is 23.0 Å². The Morgan fingerprint density at radius 3 is 2.52 bits per heavy atom. The Balaban J connectivity index is 1.79. The molecule has 3 rings (SSSR count). The third-order valence-electron chi connectivity index (χ3n) is 4.25. The van der Waals surface area contributed by atoms with Gasteiger partial charge >= 0.3 is 0 Å². The quantitative estimate of drug-likeness (QED) is 0.685. The van der Waals surface area contributed by atoms with Crippen LogP contribution in [0.2, 0.25) is 0 Å². The molecule has 2 aromatic carbocycles. The number of para-hydroxylation sites is 1. The van der Waals surface area contributed by atoms with Gasteiger partial charge < -0.3 is 15.0 Å². The standard InChI is InChI=1S/C22H23N3O2/c1-4-25(18-8-6-5-7-9-18)22(26)19-12-11-17(15-23-19)24-20-14-16(2)10-13-21(20)27-3/h5-15,24H,4H2,1-3H3. The Labute approximate surface area is 159 Å². The highest BCUT2D eigenvalue weighted by molar-refractivity contribution is 6.04. The van der Waals surface area contributed by atoms with E-state index in [1.165, 1.54) is 0 Å². The maximum atomic E-state index is 12.8. The average molecular weight is 361 g/mol. The zero-order valence-electron chi connectivity index (χ0n) is 15.8. The molecule has 0 saturated heterocycles. The summed E-state index contributed by atoms with van der Waals surface area (Å²) in [6.07, 6.45) is 1.66. The number of carbonyl (C=O) groups excluding carboxylic acids is 1. The molecule has 5 nitrogen and oxygen atoms in total. The molecular formula is C22H23N3O2. The normalized spacial score (nSPS) is 10.3. The predicted molar refractivity (Wildman–Crippen MR) is 109 cm³/mol. The molecule has 27 heavy (non-hydrogen) atoms. The van der Waals surface area contributed by atoms with Gasteiger partial charge in [-0.25, -0.2) is 4.98 Å². The first-order chi connectivity index (χ1) is 13.1. The van der Waals surface area contributed by atoms with E-state index in [1.54, 1.807) is 24.3 Å². The van der Waals surface area contributed by atoms with Gasteiger partial charge in [0.15, 0.2) is 0 Å². The Morgan fingerprint density at radius 2 is 1.89 bits per heavy atom. The van der Waals surface area contributed by atoms with E-state index in [-0.39, 0.29) is 5.91 Å². The third-order valence-corrected chi connectivity index (χ3v) is 4.25. The highest BCUT2D eigenvalue weighted by atomic mass is 16.5. The molecule has 1 heterocycles. The lowest BCUT2D eigenvalue weighted by Gasteiger charge is -2.20. The number of aromatic nitrogens is 1. The Hall–Kier alpha value is -3.34. The number of ether oxygens (including phenoxy) is 1. The summed E-state index contributed by atoms with van der Waals surface area (Å²) in [4.78, 5) is 18.9. The van der Waals surface area contributed by atoms with Crippen molar-refractivity contribution < 1.29 is 9.53 Å². The number of nitrogens with one attached hydrogen (secondary N) is 1. The minimum Gasteiger partial charge on any atom is -0.495 e. The van der Waals surface area contributed by atoms with Crippen LogP contribution in [-0.4, -0.2) is 24.5 Å². The van der Waals surface area contributed by atoms with Crippen molar-refractivity contribution in [2.45, 2.75) is 13.8 Å². The molecular weight excluding hydrogens is 338 g/mol. The molecule has 0 radical (unpaired) electrons. The SMILES string of the molecule is CCN(C(=O)c1ccc(Nc2cc(C)ccc2OC)cn1)c1ccccc1. The molecule has 1 amide bonds. The molecule has 0 saturated carbocycles. The average Bonchev–Trinajstić information content (AvgIpc) is 2.70. The van der Waals surface area contributed by atoms with Crippen molar-refractivity contribution in [2.75, 3.05) is 23.9 Å². The number of anilines is 3. The number of pyridine rings is 1. The van der Waals surface area contributed by atoms with Gasteiger partial charge in [-0.05, 0) is 55.8 Å². The summed E-state index contributed by atoms with van der Waals surface area (Å²) in [6.45, 7) is 4.55. The van der Waals surface area contributed by atoms with Gasteiger partial charge in [0.2, 0.25) is 0 Å². The lowest BCUT2D eigenvalue weighted by Crippen LogP contribution is -2.31. The number of carbonyl (C=O) groups is 1. The summed E-state index contributed by atoms with van der Waals surface area (Å²) >= 11 is 0. The number of nitrogens with zero attached hydrogens (tertiary/aromatic N) is 2. The number of hydrogen-bond donors (Lipinski definition) is 1. The maximum absolute atomic E-state index is 12.8. The van der Waals surface area contributed by atoms with Crippen molar-refractivity contribution in [3.05, 3.63) is 78.1 Å². The number of benzene rings is 2. The number of rotatable bonds is 6. The van der Waals surface area contributed by atoms with Crippen LogP contribution in [0.3, 0.4) is 0 Å². The van der Waals surface area contributed by atoms with E-state index in [0.717, 1.165) is 28.4 Å². The van der Waals surface area contributed by atoms with Crippen molar-refractivity contribution in [1.29, 1.82) is 0 Å². The Bertz CT molecular complexity index is 909. The molecule has 0 bridgehead atoms. The minimum atomic E-state index is -0.122. The van der Waals surface area contributed by atoms with E-state index in [0.29, 0.717) is 12.2 Å². The van der Waals surface area contributed by atoms with Crippen LogP contribution in [-0.2, 0) is 0 Å². The minimum absolute atomic E-state index is 0.122. The molecule has 138 valence electrons. The highest BCUT2D eigenvalue weighted by Gasteiger charge is 2.17. The second-order valence-electron chi connectivity index (χ2n) is 6.15. The van der Waals surface area contributed by atoms with Crippen LogP contribution in [0, 0.1) is 6.92 Å². The first-order valence-corrected chi connectivity index (χ1v) is 8.87. The van der Waals surface area contributed by atoms with Crippen LogP contribution in [0.4, 0.5) is 17.1 Å². The summed E-state index contributed by atoms with van der Waals surface area (Å²) in [5.41, 5.74) is 4.04. The third kappa shape index (κ3) is 4.26. The fraction of sp³-hybridized carbons (Fsp3) is 0.182. The van der Waals surface area contributed by atoms with Gasteiger partial charge in [0.1, 0.15) is 11.4 Å². The van der Waals surface area contributed by atoms with Crippen LogP contribution in [0.15, 0.2) is 66.9 Å². The molecule has 0 spiro atoms. The van der Waals surface area contributed by atoms with E-state index >= 15 is 0 Å². The molecule has 1 N–H and O–H groups in total. The zero-order chi connectivity index (χ0) is 19.2. The van der Waals surface area contributed by atoms with Gasteiger partial charge in [0.05, 0.1) is 24.7 Å². The first-order valence-electron chi connectivity index (χ1n) is 8.87. The molecule has 0 aliphatic rings. The Morgan fingerprint density at radius 1 is 1.11 bits per heavy atom. The van der Waals surface area contributed by atoms with Crippen LogP contribution in [0.1, 0.15) is 23.0 Å². The molecule has 5 heteroatoms. The smallest absolute Gasteiger partial charge is 0.276 e. The second kappa shape index (κ2) is 8.36. The van der Waals surface area contributed by atoms with Gasteiger partial charge in [-0.2, -0.15) is 0 Å². The van der Waals surface area contributed by atoms with Gasteiger partial charge in [0.25, 0.3) is 5.91 Å². The van der Waals surface area contributed by atoms with Crippen LogP contribution in [0.25, 0.3) is 0 Å². The lowest BCUT2D eigenvalue weighted by molar-refractivity contribution is 0.0983. The maximum Gasteiger partial charge on any atom is 0.276 e. The van der Waals surface area contributed by atoms with Gasteiger partial charge in [-0.3, -0.25) is 4.79 Å². The monoisotopic (exact) mass is 361 g/mol. The van der Waals surface area contributed by atoms with Crippen LogP contribution < -0.4 is 15.0 Å². The van der Waals surface area contributed by atoms with E-state index in [9.17, 15) is 4.79 Å². The van der Waals surface area contributed by atoms with Gasteiger partial charge in [-0.1, -0.05) is 24.3 Å². The molecule has 0 unspecified atom stereocenters. The molecule has 0 aliphatic carbocycles. The highest BCUT2D eigenvalue weighted by Crippen LogP contribution is 2.28. The van der Waals surface area contributed by atoms with Crippen molar-refractivity contribution in [3.8, 4) is 5.75 Å². The topological polar surface area (TPSA) is 54.5 Å². The first kappa shape index (κ1) is 18.5. The Kier molecular flexibility index (Phi) is 5.71. The summed E-state index contributed by atoms with van der Waals surface area (Å²) in [5.74, 6) is 0.630. The lowest BCUT2D eigenvalue weighted by atomic mass is 10.2. The fourth-order valence-electron chi connectivity index (χ4n) is 2.86.